The third kappa shape index (κ3) is 24.9. The second kappa shape index (κ2) is 32.0. The number of ether oxygens (including phenoxy) is 4. The molecule has 2 aromatic carbocycles. The third-order valence-corrected chi connectivity index (χ3v) is 7.13. The molecule has 0 aliphatic heterocycles. The predicted molar refractivity (Wildman–Crippen MR) is 214 cm³/mol. The number of hydrogen-bond donors (Lipinski definition) is 1. The Morgan fingerprint density at radius 3 is 1.95 bits per heavy atom. The van der Waals surface area contributed by atoms with Crippen LogP contribution in [0, 0.1) is 11.8 Å². The Labute approximate surface area is 328 Å². The number of rotatable bonds is 19. The molecule has 1 aliphatic carbocycles. The highest BCUT2D eigenvalue weighted by molar-refractivity contribution is 5.79. The molecule has 0 aromatic heterocycles. The highest BCUT2D eigenvalue weighted by Crippen LogP contribution is 2.28. The molecule has 0 saturated carbocycles. The number of benzene rings is 2. The molecular formula is C45H52F4O7. The van der Waals surface area contributed by atoms with Gasteiger partial charge in [0.05, 0.1) is 13.2 Å². The summed E-state index contributed by atoms with van der Waals surface area (Å²) >= 11 is 0. The van der Waals surface area contributed by atoms with E-state index in [-0.39, 0.29) is 39.6 Å². The molecule has 56 heavy (non-hydrogen) atoms. The number of halogens is 4. The number of carbonyl (C=O) groups excluding carboxylic acids is 1. The number of carbonyl (C=O) groups is 1. The van der Waals surface area contributed by atoms with Crippen LogP contribution in [0.4, 0.5) is 17.7 Å². The van der Waals surface area contributed by atoms with Crippen LogP contribution in [0.2, 0.25) is 0 Å². The van der Waals surface area contributed by atoms with Crippen molar-refractivity contribution in [3.63, 3.8) is 0 Å². The van der Waals surface area contributed by atoms with E-state index in [4.69, 9.17) is 28.8 Å². The molecule has 0 bridgehead atoms. The van der Waals surface area contributed by atoms with E-state index in [0.29, 0.717) is 37.1 Å². The first kappa shape index (κ1) is 48.8. The van der Waals surface area contributed by atoms with E-state index in [1.165, 1.54) is 6.08 Å². The average Bonchev–Trinajstić information content (AvgIpc) is 3.19. The molecule has 0 atom stereocenters. The molecule has 0 spiro atoms. The molecule has 11 heteroatoms. The molecule has 2 aromatic rings. The maximum atomic E-state index is 12.6. The molecule has 0 unspecified atom stereocenters. The summed E-state index contributed by atoms with van der Waals surface area (Å²) in [5.41, 5.74) is 4.64. The van der Waals surface area contributed by atoms with Gasteiger partial charge in [-0.1, -0.05) is 92.0 Å². The van der Waals surface area contributed by atoms with Crippen LogP contribution < -0.4 is 4.74 Å². The van der Waals surface area contributed by atoms with E-state index in [1.807, 2.05) is 98.0 Å². The van der Waals surface area contributed by atoms with Crippen LogP contribution in [0.3, 0.4) is 0 Å². The fourth-order valence-corrected chi connectivity index (χ4v) is 4.64. The maximum absolute atomic E-state index is 12.6. The predicted octanol–water partition coefficient (Wildman–Crippen LogP) is 10.7. The summed E-state index contributed by atoms with van der Waals surface area (Å²) in [5, 5.41) is 8.84. The van der Waals surface area contributed by atoms with Gasteiger partial charge in [0.1, 0.15) is 37.8 Å². The van der Waals surface area contributed by atoms with E-state index in [2.05, 4.69) is 29.9 Å². The molecule has 7 nitrogen and oxygen atoms in total. The van der Waals surface area contributed by atoms with E-state index in [0.717, 1.165) is 34.3 Å². The molecule has 0 saturated heterocycles. The van der Waals surface area contributed by atoms with Crippen molar-refractivity contribution in [3.05, 3.63) is 157 Å². The fraction of sp³-hybridized carbons (Fsp3) is 0.311. The van der Waals surface area contributed by atoms with Crippen LogP contribution in [0.1, 0.15) is 62.1 Å². The zero-order chi connectivity index (χ0) is 41.1. The van der Waals surface area contributed by atoms with Gasteiger partial charge in [-0.2, -0.15) is 18.1 Å². The first-order valence-corrected chi connectivity index (χ1v) is 18.0. The second-order valence-corrected chi connectivity index (χ2v) is 11.5. The number of hydrogen-bond acceptors (Lipinski definition) is 7. The monoisotopic (exact) mass is 780 g/mol. The lowest BCUT2D eigenvalue weighted by Crippen LogP contribution is -2.07. The molecule has 0 heterocycles. The van der Waals surface area contributed by atoms with Gasteiger partial charge in [0.15, 0.2) is 6.79 Å². The molecular weight excluding hydrogens is 728 g/mol. The summed E-state index contributed by atoms with van der Waals surface area (Å²) in [5.74, 6) is 7.59. The molecule has 3 rings (SSSR count). The van der Waals surface area contributed by atoms with Crippen molar-refractivity contribution in [2.75, 3.05) is 40.0 Å². The Kier molecular flexibility index (Phi) is 27.9. The number of aliphatic hydroxyl groups excluding tert-OH is 1. The summed E-state index contributed by atoms with van der Waals surface area (Å²) in [6, 6.07) is 15.2. The topological polar surface area (TPSA) is 83.5 Å². The van der Waals surface area contributed by atoms with E-state index >= 15 is 0 Å². The first-order valence-electron chi connectivity index (χ1n) is 18.0. The lowest BCUT2D eigenvalue weighted by atomic mass is 9.94. The highest BCUT2D eigenvalue weighted by atomic mass is 19.4. The lowest BCUT2D eigenvalue weighted by Gasteiger charge is -2.12. The van der Waals surface area contributed by atoms with Gasteiger partial charge in [0.25, 0.3) is 0 Å². The van der Waals surface area contributed by atoms with Crippen molar-refractivity contribution in [2.45, 2.75) is 51.6 Å². The first-order chi connectivity index (χ1) is 27.2. The number of allylic oxidation sites excluding steroid dienone is 13. The van der Waals surface area contributed by atoms with Gasteiger partial charge in [-0.3, -0.25) is 4.79 Å². The minimum absolute atomic E-state index is 0.125. The van der Waals surface area contributed by atoms with E-state index in [9.17, 15) is 17.7 Å². The summed E-state index contributed by atoms with van der Waals surface area (Å²) in [6.45, 7) is 8.51. The van der Waals surface area contributed by atoms with Crippen molar-refractivity contribution in [3.8, 4) is 17.6 Å². The van der Waals surface area contributed by atoms with Crippen LogP contribution in [0.25, 0.3) is 5.57 Å². The Morgan fingerprint density at radius 2 is 1.34 bits per heavy atom. The van der Waals surface area contributed by atoms with Gasteiger partial charge in [-0.05, 0) is 102 Å². The minimum Gasteiger partial charge on any atom is -0.491 e. The molecule has 0 amide bonds. The quantitative estimate of drug-likeness (QED) is 0.0289. The van der Waals surface area contributed by atoms with Crippen LogP contribution in [-0.4, -0.2) is 57.6 Å². The summed E-state index contributed by atoms with van der Waals surface area (Å²) in [7, 11) is 0. The van der Waals surface area contributed by atoms with Crippen LogP contribution in [-0.2, 0) is 23.9 Å². The van der Waals surface area contributed by atoms with Crippen LogP contribution in [0.5, 0.6) is 5.75 Å². The summed E-state index contributed by atoms with van der Waals surface area (Å²) in [4.78, 5) is 12.4. The zero-order valence-electron chi connectivity index (χ0n) is 31.9. The third-order valence-electron chi connectivity index (χ3n) is 7.13. The molecule has 302 valence electrons. The minimum atomic E-state index is -4.13. The largest absolute Gasteiger partial charge is 0.491 e. The van der Waals surface area contributed by atoms with Gasteiger partial charge >= 0.3 is 6.18 Å². The molecule has 1 N–H and O–H groups in total. The Balaban J connectivity index is 0.00000207. The zero-order valence-corrected chi connectivity index (χ0v) is 31.9. The summed E-state index contributed by atoms with van der Waals surface area (Å²) in [6.07, 6.45) is 18.7. The van der Waals surface area contributed by atoms with Gasteiger partial charge in [-0.15, -0.1) is 6.58 Å². The van der Waals surface area contributed by atoms with Gasteiger partial charge in [-0.25, -0.2) is 0 Å². The maximum Gasteiger partial charge on any atom is 0.389 e. The normalized spacial score (nSPS) is 16.8. The van der Waals surface area contributed by atoms with Crippen molar-refractivity contribution >= 4 is 11.9 Å². The smallest absolute Gasteiger partial charge is 0.389 e. The fourth-order valence-electron chi connectivity index (χ4n) is 4.64. The van der Waals surface area contributed by atoms with Gasteiger partial charge < -0.3 is 24.1 Å². The number of aliphatic hydroxyl groups is 1. The van der Waals surface area contributed by atoms with Crippen LogP contribution >= 0.6 is 0 Å². The van der Waals surface area contributed by atoms with Crippen molar-refractivity contribution in [1.29, 1.82) is 0 Å². The van der Waals surface area contributed by atoms with Crippen molar-refractivity contribution in [1.82, 2.24) is 0 Å². The molecule has 0 fully saturated rings. The standard InChI is InChI=1S/C39H42F4O6.C3H4O.C3H6/c40-39(41,42)25-8-4-3-5-10-34-11-9-13-36(47-28-26-45-30-44)12-6-1-2-7-14-38(34)35-21-17-32(18-22-35)15-16-33-19-23-37(24-20-33)48-29-27-46-31-49-43;1-2-3-4;1-3-2/h1-2,6-7,9,11-14,17-24,44H,3-5,8,10,25-31H2;2-3H,1H2;3H,1H2,2H3/b2-1+,6-1?,7-2?,11-9+,12-6-,13-9?,14-7-,34-11?,36-12?,36-13+,38-14?,38-34+;;. The second-order valence-electron chi connectivity index (χ2n) is 11.5. The molecule has 0 radical (unpaired) electrons. The number of aldehydes is 1. The Hall–Kier alpha value is -5.25. The Bertz CT molecular complexity index is 1630. The highest BCUT2D eigenvalue weighted by Gasteiger charge is 2.25. The van der Waals surface area contributed by atoms with Crippen molar-refractivity contribution in [2.24, 2.45) is 0 Å². The SMILES string of the molecule is C=CC.C=CC=O.OCOCCOC1=C/C=C/C(CCCCCCC(F)(F)F)=C(c2ccc(C#Cc3ccc(OCCOCOF)cc3)cc2)\C=C/C=C/C=C\1. The molecule has 1 aliphatic rings. The number of alkyl halides is 3. The van der Waals surface area contributed by atoms with Gasteiger partial charge in [0.2, 0.25) is 0 Å². The Morgan fingerprint density at radius 1 is 0.750 bits per heavy atom. The lowest BCUT2D eigenvalue weighted by molar-refractivity contribution is -0.212. The average molecular weight is 781 g/mol. The summed E-state index contributed by atoms with van der Waals surface area (Å²) < 4.78 is 70.6. The number of unbranched alkanes of at least 4 members (excludes halogenated alkanes) is 3. The van der Waals surface area contributed by atoms with Crippen molar-refractivity contribution < 1.29 is 51.5 Å². The van der Waals surface area contributed by atoms with E-state index < -0.39 is 19.4 Å². The van der Waals surface area contributed by atoms with Crippen LogP contribution in [0.15, 0.2) is 140 Å². The van der Waals surface area contributed by atoms with E-state index in [1.54, 1.807) is 18.2 Å². The van der Waals surface area contributed by atoms with Gasteiger partial charge in [0, 0.05) is 17.5 Å².